The van der Waals surface area contributed by atoms with Crippen molar-refractivity contribution >= 4 is 32.9 Å². The van der Waals surface area contributed by atoms with E-state index in [1.165, 1.54) is 21.2 Å². The van der Waals surface area contributed by atoms with Crippen molar-refractivity contribution < 1.29 is 0 Å². The van der Waals surface area contributed by atoms with Crippen LogP contribution in [-0.4, -0.2) is 4.98 Å². The number of hydrogen-bond donors (Lipinski definition) is 1. The molecule has 4 rings (SSSR count). The largest absolute Gasteiger partial charge is 0.332 e. The molecule has 0 radical (unpaired) electrons. The van der Waals surface area contributed by atoms with Gasteiger partial charge in [-0.05, 0) is 34.5 Å². The lowest BCUT2D eigenvalue weighted by Gasteiger charge is -2.02. The molecule has 1 N–H and O–H groups in total. The summed E-state index contributed by atoms with van der Waals surface area (Å²) in [7, 11) is 0. The molecule has 0 spiro atoms. The quantitative estimate of drug-likeness (QED) is 0.524. The standard InChI is InChI=1S/C19H14N2S/c1-2-8-17(9-3-1)21-19-20-13-18(22-19)16-11-10-14-6-4-5-7-15(14)12-16/h1-13H,(H,20,21). The molecule has 3 aromatic carbocycles. The van der Waals surface area contributed by atoms with E-state index in [4.69, 9.17) is 0 Å². The number of para-hydroxylation sites is 1. The maximum absolute atomic E-state index is 4.48. The molecule has 0 aliphatic rings. The highest BCUT2D eigenvalue weighted by atomic mass is 32.1. The third-order valence-electron chi connectivity index (χ3n) is 3.56. The maximum atomic E-state index is 4.48. The minimum atomic E-state index is 0.911. The van der Waals surface area contributed by atoms with Crippen molar-refractivity contribution in [3.8, 4) is 10.4 Å². The Morgan fingerprint density at radius 1 is 0.773 bits per heavy atom. The second-order valence-electron chi connectivity index (χ2n) is 5.08. The highest BCUT2D eigenvalue weighted by Gasteiger charge is 2.05. The lowest BCUT2D eigenvalue weighted by atomic mass is 10.1. The van der Waals surface area contributed by atoms with Crippen LogP contribution in [0.15, 0.2) is 79.0 Å². The molecule has 0 atom stereocenters. The van der Waals surface area contributed by atoms with E-state index in [-0.39, 0.29) is 0 Å². The molecule has 0 aliphatic heterocycles. The molecule has 1 heterocycles. The fraction of sp³-hybridized carbons (Fsp3) is 0. The first-order chi connectivity index (χ1) is 10.9. The third kappa shape index (κ3) is 2.59. The molecule has 2 nitrogen and oxygen atoms in total. The van der Waals surface area contributed by atoms with Gasteiger partial charge in [-0.25, -0.2) is 4.98 Å². The van der Waals surface area contributed by atoms with E-state index >= 15 is 0 Å². The molecular formula is C19H14N2S. The van der Waals surface area contributed by atoms with Crippen LogP contribution in [0.1, 0.15) is 0 Å². The number of thiazole rings is 1. The van der Waals surface area contributed by atoms with Gasteiger partial charge in [0.25, 0.3) is 0 Å². The van der Waals surface area contributed by atoms with Crippen LogP contribution in [0, 0.1) is 0 Å². The fourth-order valence-electron chi connectivity index (χ4n) is 2.45. The van der Waals surface area contributed by atoms with Gasteiger partial charge in [0, 0.05) is 11.9 Å². The summed E-state index contributed by atoms with van der Waals surface area (Å²) < 4.78 is 0. The van der Waals surface area contributed by atoms with Crippen molar-refractivity contribution in [2.45, 2.75) is 0 Å². The van der Waals surface area contributed by atoms with Gasteiger partial charge in [0.2, 0.25) is 0 Å². The van der Waals surface area contributed by atoms with Crippen LogP contribution in [0.25, 0.3) is 21.2 Å². The fourth-order valence-corrected chi connectivity index (χ4v) is 3.29. The smallest absolute Gasteiger partial charge is 0.187 e. The minimum absolute atomic E-state index is 0.911. The van der Waals surface area contributed by atoms with Gasteiger partial charge < -0.3 is 5.32 Å². The molecule has 0 aliphatic carbocycles. The van der Waals surface area contributed by atoms with E-state index in [1.807, 2.05) is 36.5 Å². The first kappa shape index (κ1) is 13.0. The summed E-state index contributed by atoms with van der Waals surface area (Å²) in [5.74, 6) is 0. The van der Waals surface area contributed by atoms with Crippen molar-refractivity contribution in [3.05, 3.63) is 79.0 Å². The molecule has 4 aromatic rings. The van der Waals surface area contributed by atoms with Gasteiger partial charge in [-0.15, -0.1) is 0 Å². The number of hydrogen-bond acceptors (Lipinski definition) is 3. The summed E-state index contributed by atoms with van der Waals surface area (Å²) in [4.78, 5) is 5.65. The molecule has 106 valence electrons. The summed E-state index contributed by atoms with van der Waals surface area (Å²) >= 11 is 1.67. The zero-order valence-electron chi connectivity index (χ0n) is 11.9. The number of fused-ring (bicyclic) bond motifs is 1. The molecule has 0 saturated heterocycles. The summed E-state index contributed by atoms with van der Waals surface area (Å²) in [5, 5.41) is 6.77. The Hall–Kier alpha value is -2.65. The topological polar surface area (TPSA) is 24.9 Å². The first-order valence-corrected chi connectivity index (χ1v) is 7.97. The van der Waals surface area contributed by atoms with Crippen molar-refractivity contribution in [3.63, 3.8) is 0 Å². The lowest BCUT2D eigenvalue weighted by Crippen LogP contribution is -1.87. The van der Waals surface area contributed by atoms with Crippen molar-refractivity contribution in [2.75, 3.05) is 5.32 Å². The Kier molecular flexibility index (Phi) is 3.33. The maximum Gasteiger partial charge on any atom is 0.187 e. The molecular weight excluding hydrogens is 288 g/mol. The Bertz CT molecular complexity index is 913. The molecule has 0 bridgehead atoms. The Labute approximate surface area is 133 Å². The summed E-state index contributed by atoms with van der Waals surface area (Å²) in [6, 6.07) is 25.1. The highest BCUT2D eigenvalue weighted by molar-refractivity contribution is 7.18. The average Bonchev–Trinajstić information content (AvgIpc) is 3.04. The zero-order valence-corrected chi connectivity index (χ0v) is 12.7. The predicted octanol–water partition coefficient (Wildman–Crippen LogP) is 5.71. The van der Waals surface area contributed by atoms with Crippen molar-refractivity contribution in [2.24, 2.45) is 0 Å². The van der Waals surface area contributed by atoms with E-state index in [0.717, 1.165) is 10.8 Å². The molecule has 3 heteroatoms. The summed E-state index contributed by atoms with van der Waals surface area (Å²) in [6.07, 6.45) is 1.93. The van der Waals surface area contributed by atoms with Crippen molar-refractivity contribution in [1.82, 2.24) is 4.98 Å². The monoisotopic (exact) mass is 302 g/mol. The second kappa shape index (κ2) is 5.62. The van der Waals surface area contributed by atoms with Gasteiger partial charge in [-0.3, -0.25) is 0 Å². The average molecular weight is 302 g/mol. The van der Waals surface area contributed by atoms with Crippen molar-refractivity contribution in [1.29, 1.82) is 0 Å². The van der Waals surface area contributed by atoms with Gasteiger partial charge in [-0.2, -0.15) is 0 Å². The molecule has 0 saturated carbocycles. The minimum Gasteiger partial charge on any atom is -0.332 e. The van der Waals surface area contributed by atoms with E-state index in [0.29, 0.717) is 0 Å². The number of aromatic nitrogens is 1. The zero-order chi connectivity index (χ0) is 14.8. The van der Waals surface area contributed by atoms with Gasteiger partial charge >= 0.3 is 0 Å². The van der Waals surface area contributed by atoms with Crippen LogP contribution in [-0.2, 0) is 0 Å². The van der Waals surface area contributed by atoms with E-state index in [1.54, 1.807) is 11.3 Å². The highest BCUT2D eigenvalue weighted by Crippen LogP contribution is 2.32. The Balaban J connectivity index is 1.65. The number of rotatable bonds is 3. The normalized spacial score (nSPS) is 10.7. The van der Waals surface area contributed by atoms with Crippen LogP contribution >= 0.6 is 11.3 Å². The third-order valence-corrected chi connectivity index (χ3v) is 4.53. The predicted molar refractivity (Wildman–Crippen MR) is 94.8 cm³/mol. The second-order valence-corrected chi connectivity index (χ2v) is 6.11. The summed E-state index contributed by atoms with van der Waals surface area (Å²) in [5.41, 5.74) is 2.26. The van der Waals surface area contributed by atoms with Gasteiger partial charge in [0.05, 0.1) is 4.88 Å². The number of benzene rings is 3. The Morgan fingerprint density at radius 2 is 1.55 bits per heavy atom. The lowest BCUT2D eigenvalue weighted by molar-refractivity contribution is 1.39. The van der Waals surface area contributed by atoms with Crippen LogP contribution in [0.3, 0.4) is 0 Å². The van der Waals surface area contributed by atoms with Crippen LogP contribution < -0.4 is 5.32 Å². The van der Waals surface area contributed by atoms with E-state index in [9.17, 15) is 0 Å². The van der Waals surface area contributed by atoms with E-state index in [2.05, 4.69) is 52.8 Å². The number of nitrogens with one attached hydrogen (secondary N) is 1. The van der Waals surface area contributed by atoms with Crippen LogP contribution in [0.4, 0.5) is 10.8 Å². The molecule has 1 aromatic heterocycles. The SMILES string of the molecule is c1ccc(Nc2ncc(-c3ccc4ccccc4c3)s2)cc1. The molecule has 0 fully saturated rings. The molecule has 0 amide bonds. The number of nitrogens with zero attached hydrogens (tertiary/aromatic N) is 1. The van der Waals surface area contributed by atoms with Crippen LogP contribution in [0.2, 0.25) is 0 Å². The summed E-state index contributed by atoms with van der Waals surface area (Å²) in [6.45, 7) is 0. The molecule has 0 unspecified atom stereocenters. The van der Waals surface area contributed by atoms with Gasteiger partial charge in [-0.1, -0.05) is 65.9 Å². The first-order valence-electron chi connectivity index (χ1n) is 7.15. The molecule has 22 heavy (non-hydrogen) atoms. The van der Waals surface area contributed by atoms with Crippen LogP contribution in [0.5, 0.6) is 0 Å². The Morgan fingerprint density at radius 3 is 2.41 bits per heavy atom. The van der Waals surface area contributed by atoms with Gasteiger partial charge in [0.15, 0.2) is 5.13 Å². The number of anilines is 2. The van der Waals surface area contributed by atoms with E-state index < -0.39 is 0 Å². The van der Waals surface area contributed by atoms with Gasteiger partial charge in [0.1, 0.15) is 0 Å².